The van der Waals surface area contributed by atoms with Gasteiger partial charge in [0.1, 0.15) is 6.54 Å². The maximum absolute atomic E-state index is 12.6. The van der Waals surface area contributed by atoms with E-state index in [0.717, 1.165) is 6.42 Å². The van der Waals surface area contributed by atoms with Crippen molar-refractivity contribution in [2.24, 2.45) is 0 Å². The Kier molecular flexibility index (Phi) is 5.08. The summed E-state index contributed by atoms with van der Waals surface area (Å²) in [5, 5.41) is 0. The maximum Gasteiger partial charge on any atom is 0.406 e. The zero-order valence-corrected chi connectivity index (χ0v) is 12.5. The lowest BCUT2D eigenvalue weighted by Gasteiger charge is -2.23. The molecule has 4 nitrogen and oxygen atoms in total. The molecule has 1 aliphatic rings. The van der Waals surface area contributed by atoms with Gasteiger partial charge in [0.2, 0.25) is 5.91 Å². The molecule has 23 heavy (non-hydrogen) atoms. The second kappa shape index (κ2) is 6.85. The molecule has 1 heterocycles. The number of nitrogens with zero attached hydrogens (tertiary/aromatic N) is 2. The predicted octanol–water partition coefficient (Wildman–Crippen LogP) is 3.00. The van der Waals surface area contributed by atoms with E-state index < -0.39 is 18.6 Å². The number of alkyl halides is 3. The summed E-state index contributed by atoms with van der Waals surface area (Å²) in [5.74, 6) is -0.788. The highest BCUT2D eigenvalue weighted by Crippen LogP contribution is 2.24. The SMILES string of the molecule is C=CCN(CC(F)(F)F)C(=O)c1cccc(N2CCCC2=O)c1. The van der Waals surface area contributed by atoms with Crippen LogP contribution in [0.3, 0.4) is 0 Å². The number of halogens is 3. The van der Waals surface area contributed by atoms with Gasteiger partial charge in [-0.05, 0) is 24.6 Å². The molecule has 0 aliphatic carbocycles. The van der Waals surface area contributed by atoms with E-state index in [1.165, 1.54) is 18.2 Å². The zero-order chi connectivity index (χ0) is 17.0. The minimum Gasteiger partial charge on any atom is -0.326 e. The topological polar surface area (TPSA) is 40.6 Å². The molecule has 0 N–H and O–H groups in total. The van der Waals surface area contributed by atoms with Crippen molar-refractivity contribution in [3.8, 4) is 0 Å². The first-order valence-corrected chi connectivity index (χ1v) is 7.19. The first-order chi connectivity index (χ1) is 10.8. The van der Waals surface area contributed by atoms with Crippen molar-refractivity contribution in [1.29, 1.82) is 0 Å². The molecule has 0 spiro atoms. The van der Waals surface area contributed by atoms with Crippen molar-refractivity contribution >= 4 is 17.5 Å². The number of benzene rings is 1. The average molecular weight is 326 g/mol. The lowest BCUT2D eigenvalue weighted by molar-refractivity contribution is -0.139. The van der Waals surface area contributed by atoms with Crippen LogP contribution in [0.5, 0.6) is 0 Å². The molecule has 1 fully saturated rings. The standard InChI is InChI=1S/C16H17F3N2O2/c1-2-8-20(11-16(17,18)19)15(23)12-5-3-6-13(10-12)21-9-4-7-14(21)22/h2-3,5-6,10H,1,4,7-9,11H2. The normalized spacial score (nSPS) is 14.9. The quantitative estimate of drug-likeness (QED) is 0.781. The maximum atomic E-state index is 12.6. The smallest absolute Gasteiger partial charge is 0.326 e. The molecule has 1 aliphatic heterocycles. The van der Waals surface area contributed by atoms with Gasteiger partial charge in [-0.2, -0.15) is 13.2 Å². The Hall–Kier alpha value is -2.31. The van der Waals surface area contributed by atoms with Gasteiger partial charge in [0.05, 0.1) is 0 Å². The summed E-state index contributed by atoms with van der Waals surface area (Å²) in [4.78, 5) is 26.3. The van der Waals surface area contributed by atoms with E-state index in [4.69, 9.17) is 0 Å². The number of rotatable bonds is 5. The third-order valence-corrected chi connectivity index (χ3v) is 3.49. The van der Waals surface area contributed by atoms with E-state index in [1.54, 1.807) is 17.0 Å². The fraction of sp³-hybridized carbons (Fsp3) is 0.375. The largest absolute Gasteiger partial charge is 0.406 e. The Bertz CT molecular complexity index is 614. The summed E-state index contributed by atoms with van der Waals surface area (Å²) in [6.07, 6.45) is -2.07. The van der Waals surface area contributed by atoms with Crippen LogP contribution >= 0.6 is 0 Å². The monoisotopic (exact) mass is 326 g/mol. The number of carbonyl (C=O) groups is 2. The van der Waals surface area contributed by atoms with E-state index in [0.29, 0.717) is 23.6 Å². The fourth-order valence-electron chi connectivity index (χ4n) is 2.50. The third kappa shape index (κ3) is 4.34. The molecule has 1 aromatic carbocycles. The van der Waals surface area contributed by atoms with Gasteiger partial charge in [0, 0.05) is 30.8 Å². The minimum atomic E-state index is -4.48. The Balaban J connectivity index is 2.23. The van der Waals surface area contributed by atoms with E-state index >= 15 is 0 Å². The molecular formula is C16H17F3N2O2. The minimum absolute atomic E-state index is 0.0483. The van der Waals surface area contributed by atoms with Crippen LogP contribution in [0.4, 0.5) is 18.9 Å². The molecule has 0 unspecified atom stereocenters. The Labute approximate surface area is 132 Å². The predicted molar refractivity (Wildman–Crippen MR) is 80.2 cm³/mol. The van der Waals surface area contributed by atoms with Crippen LogP contribution in [-0.4, -0.2) is 42.5 Å². The lowest BCUT2D eigenvalue weighted by Crippen LogP contribution is -2.39. The highest BCUT2D eigenvalue weighted by Gasteiger charge is 2.33. The van der Waals surface area contributed by atoms with Gasteiger partial charge in [0.15, 0.2) is 0 Å². The average Bonchev–Trinajstić information content (AvgIpc) is 2.91. The third-order valence-electron chi connectivity index (χ3n) is 3.49. The molecule has 0 atom stereocenters. The second-order valence-corrected chi connectivity index (χ2v) is 5.29. The number of anilines is 1. The van der Waals surface area contributed by atoms with Crippen LogP contribution in [-0.2, 0) is 4.79 Å². The molecule has 0 aromatic heterocycles. The molecule has 1 aromatic rings. The zero-order valence-electron chi connectivity index (χ0n) is 12.5. The van der Waals surface area contributed by atoms with Gasteiger partial charge in [-0.15, -0.1) is 6.58 Å². The van der Waals surface area contributed by atoms with Crippen molar-refractivity contribution in [2.45, 2.75) is 19.0 Å². The van der Waals surface area contributed by atoms with Gasteiger partial charge >= 0.3 is 6.18 Å². The summed E-state index contributed by atoms with van der Waals surface area (Å²) < 4.78 is 37.8. The molecule has 0 bridgehead atoms. The van der Waals surface area contributed by atoms with Crippen LogP contribution in [0.15, 0.2) is 36.9 Å². The number of carbonyl (C=O) groups excluding carboxylic acids is 2. The van der Waals surface area contributed by atoms with Crippen molar-refractivity contribution in [2.75, 3.05) is 24.5 Å². The van der Waals surface area contributed by atoms with E-state index in [2.05, 4.69) is 6.58 Å². The number of amides is 2. The summed E-state index contributed by atoms with van der Waals surface area (Å²) >= 11 is 0. The van der Waals surface area contributed by atoms with Crippen molar-refractivity contribution in [3.63, 3.8) is 0 Å². The first kappa shape index (κ1) is 17.1. The number of hydrogen-bond donors (Lipinski definition) is 0. The summed E-state index contributed by atoms with van der Waals surface area (Å²) in [6, 6.07) is 6.13. The lowest BCUT2D eigenvalue weighted by atomic mass is 10.1. The molecule has 7 heteroatoms. The van der Waals surface area contributed by atoms with Gasteiger partial charge < -0.3 is 9.80 Å². The highest BCUT2D eigenvalue weighted by atomic mass is 19.4. The summed E-state index contributed by atoms with van der Waals surface area (Å²) in [6.45, 7) is 2.39. The Morgan fingerprint density at radius 2 is 2.13 bits per heavy atom. The van der Waals surface area contributed by atoms with Crippen LogP contribution in [0.2, 0.25) is 0 Å². The van der Waals surface area contributed by atoms with Crippen LogP contribution < -0.4 is 4.90 Å². The molecule has 0 saturated carbocycles. The Morgan fingerprint density at radius 1 is 1.39 bits per heavy atom. The molecule has 1 saturated heterocycles. The van der Waals surface area contributed by atoms with Crippen molar-refractivity contribution < 1.29 is 22.8 Å². The Morgan fingerprint density at radius 3 is 2.70 bits per heavy atom. The molecule has 124 valence electrons. The molecule has 2 rings (SSSR count). The second-order valence-electron chi connectivity index (χ2n) is 5.29. The summed E-state index contributed by atoms with van der Waals surface area (Å²) in [7, 11) is 0. The first-order valence-electron chi connectivity index (χ1n) is 7.19. The highest BCUT2D eigenvalue weighted by molar-refractivity contribution is 5.99. The molecule has 2 amide bonds. The van der Waals surface area contributed by atoms with Gasteiger partial charge in [-0.3, -0.25) is 9.59 Å². The summed E-state index contributed by atoms with van der Waals surface area (Å²) in [5.41, 5.74) is 0.650. The molecule has 0 radical (unpaired) electrons. The fourth-order valence-corrected chi connectivity index (χ4v) is 2.50. The van der Waals surface area contributed by atoms with E-state index in [-0.39, 0.29) is 18.0 Å². The van der Waals surface area contributed by atoms with Crippen molar-refractivity contribution in [3.05, 3.63) is 42.5 Å². The van der Waals surface area contributed by atoms with E-state index in [9.17, 15) is 22.8 Å². The van der Waals surface area contributed by atoms with Gasteiger partial charge in [-0.25, -0.2) is 0 Å². The molecular weight excluding hydrogens is 309 g/mol. The van der Waals surface area contributed by atoms with E-state index in [1.807, 2.05) is 0 Å². The van der Waals surface area contributed by atoms with Crippen LogP contribution in [0.25, 0.3) is 0 Å². The van der Waals surface area contributed by atoms with Crippen LogP contribution in [0.1, 0.15) is 23.2 Å². The van der Waals surface area contributed by atoms with Gasteiger partial charge in [-0.1, -0.05) is 12.1 Å². The van der Waals surface area contributed by atoms with Crippen LogP contribution in [0, 0.1) is 0 Å². The van der Waals surface area contributed by atoms with Crippen molar-refractivity contribution in [1.82, 2.24) is 4.90 Å². The van der Waals surface area contributed by atoms with Gasteiger partial charge in [0.25, 0.3) is 5.91 Å². The number of hydrogen-bond acceptors (Lipinski definition) is 2.